The molecule has 0 fully saturated rings. The van der Waals surface area contributed by atoms with E-state index >= 15 is 0 Å². The third-order valence-corrected chi connectivity index (χ3v) is 6.65. The van der Waals surface area contributed by atoms with Crippen molar-refractivity contribution in [3.05, 3.63) is 74.6 Å². The van der Waals surface area contributed by atoms with Gasteiger partial charge >= 0.3 is 0 Å². The number of furan rings is 1. The lowest BCUT2D eigenvalue weighted by Gasteiger charge is -2.12. The number of rotatable bonds is 3. The fourth-order valence-electron chi connectivity index (χ4n) is 4.07. The van der Waals surface area contributed by atoms with E-state index < -0.39 is 0 Å². The van der Waals surface area contributed by atoms with E-state index in [0.29, 0.717) is 18.1 Å². The van der Waals surface area contributed by atoms with Crippen molar-refractivity contribution in [3.63, 3.8) is 0 Å². The van der Waals surface area contributed by atoms with Crippen LogP contribution >= 0.6 is 11.3 Å². The van der Waals surface area contributed by atoms with Crippen molar-refractivity contribution in [2.75, 3.05) is 0 Å². The molecule has 1 aliphatic rings. The molecule has 4 aromatic rings. The number of aromatic nitrogens is 2. The van der Waals surface area contributed by atoms with Gasteiger partial charge in [0.2, 0.25) is 0 Å². The lowest BCUT2D eigenvalue weighted by Crippen LogP contribution is -2.24. The van der Waals surface area contributed by atoms with Gasteiger partial charge in [-0.05, 0) is 55.9 Å². The van der Waals surface area contributed by atoms with Crippen molar-refractivity contribution in [2.45, 2.75) is 45.6 Å². The number of hydrogen-bond acceptors (Lipinski definition) is 4. The van der Waals surface area contributed by atoms with Crippen molar-refractivity contribution in [3.8, 4) is 11.6 Å². The summed E-state index contributed by atoms with van der Waals surface area (Å²) in [7, 11) is 0. The molecule has 4 nitrogen and oxygen atoms in total. The van der Waals surface area contributed by atoms with Gasteiger partial charge in [-0.15, -0.1) is 11.3 Å². The van der Waals surface area contributed by atoms with Crippen LogP contribution in [0.2, 0.25) is 0 Å². The molecule has 1 aliphatic carbocycles. The first-order valence-corrected chi connectivity index (χ1v) is 10.7. The lowest BCUT2D eigenvalue weighted by atomic mass is 10.1. The molecular weight excluding hydrogens is 368 g/mol. The summed E-state index contributed by atoms with van der Waals surface area (Å²) >= 11 is 1.69. The van der Waals surface area contributed by atoms with E-state index in [0.717, 1.165) is 40.8 Å². The van der Waals surface area contributed by atoms with Crippen molar-refractivity contribution in [1.29, 1.82) is 0 Å². The van der Waals surface area contributed by atoms with E-state index in [1.165, 1.54) is 23.3 Å². The highest BCUT2D eigenvalue weighted by Gasteiger charge is 2.23. The van der Waals surface area contributed by atoms with Crippen molar-refractivity contribution in [2.24, 2.45) is 0 Å². The molecule has 5 rings (SSSR count). The highest BCUT2D eigenvalue weighted by Crippen LogP contribution is 2.34. The minimum atomic E-state index is 0.0531. The minimum absolute atomic E-state index is 0.0531. The van der Waals surface area contributed by atoms with E-state index in [1.807, 2.05) is 49.4 Å². The first-order valence-electron chi connectivity index (χ1n) is 9.86. The lowest BCUT2D eigenvalue weighted by molar-refractivity contribution is 0.537. The van der Waals surface area contributed by atoms with Gasteiger partial charge in [0.25, 0.3) is 5.56 Å². The zero-order valence-corrected chi connectivity index (χ0v) is 16.7. The van der Waals surface area contributed by atoms with Gasteiger partial charge in [-0.3, -0.25) is 9.36 Å². The fraction of sp³-hybridized carbons (Fsp3) is 0.304. The number of fused-ring (bicyclic) bond motifs is 3. The second kappa shape index (κ2) is 7.06. The molecule has 0 N–H and O–H groups in total. The van der Waals surface area contributed by atoms with E-state index in [4.69, 9.17) is 9.40 Å². The molecule has 3 heterocycles. The van der Waals surface area contributed by atoms with Crippen LogP contribution in [0.5, 0.6) is 0 Å². The van der Waals surface area contributed by atoms with Crippen LogP contribution in [-0.2, 0) is 19.4 Å². The Balaban J connectivity index is 1.77. The molecule has 0 spiro atoms. The molecule has 142 valence electrons. The van der Waals surface area contributed by atoms with E-state index in [1.54, 1.807) is 15.9 Å². The minimum Gasteiger partial charge on any atom is -0.458 e. The number of hydrogen-bond donors (Lipinski definition) is 0. The first-order chi connectivity index (χ1) is 13.7. The predicted octanol–water partition coefficient (Wildman–Crippen LogP) is 5.34. The molecule has 0 radical (unpaired) electrons. The summed E-state index contributed by atoms with van der Waals surface area (Å²) in [5, 5.41) is 0.824. The SMILES string of the molecule is Cc1ccc(-c2nc3sc4c(c3c(=O)n2Cc2ccccc2)CCCCC4)o1. The Hall–Kier alpha value is -2.66. The molecule has 3 aromatic heterocycles. The number of nitrogens with zero attached hydrogens (tertiary/aromatic N) is 2. The maximum Gasteiger partial charge on any atom is 0.263 e. The summed E-state index contributed by atoms with van der Waals surface area (Å²) < 4.78 is 7.64. The molecule has 28 heavy (non-hydrogen) atoms. The van der Waals surface area contributed by atoms with Crippen LogP contribution in [0.15, 0.2) is 51.7 Å². The summed E-state index contributed by atoms with van der Waals surface area (Å²) in [5.41, 5.74) is 2.37. The van der Waals surface area contributed by atoms with Crippen LogP contribution in [0.1, 0.15) is 41.0 Å². The molecule has 0 amide bonds. The second-order valence-electron chi connectivity index (χ2n) is 7.47. The predicted molar refractivity (Wildman–Crippen MR) is 113 cm³/mol. The summed E-state index contributed by atoms with van der Waals surface area (Å²) in [6, 6.07) is 13.9. The highest BCUT2D eigenvalue weighted by molar-refractivity contribution is 7.18. The first kappa shape index (κ1) is 17.4. The van der Waals surface area contributed by atoms with E-state index in [-0.39, 0.29) is 5.56 Å². The fourth-order valence-corrected chi connectivity index (χ4v) is 5.32. The molecule has 0 bridgehead atoms. The maximum absolute atomic E-state index is 13.7. The average Bonchev–Trinajstić information content (AvgIpc) is 3.21. The Bertz CT molecular complexity index is 1200. The summed E-state index contributed by atoms with van der Waals surface area (Å²) in [6.45, 7) is 2.40. The van der Waals surface area contributed by atoms with Gasteiger partial charge in [0, 0.05) is 4.88 Å². The Kier molecular flexibility index (Phi) is 4.40. The van der Waals surface area contributed by atoms with Crippen LogP contribution in [0.3, 0.4) is 0 Å². The van der Waals surface area contributed by atoms with Crippen molar-refractivity contribution >= 4 is 21.6 Å². The van der Waals surface area contributed by atoms with Crippen LogP contribution in [0, 0.1) is 6.92 Å². The van der Waals surface area contributed by atoms with Gasteiger partial charge < -0.3 is 4.42 Å². The van der Waals surface area contributed by atoms with Crippen LogP contribution in [0.25, 0.3) is 21.8 Å². The number of benzene rings is 1. The molecule has 1 aromatic carbocycles. The van der Waals surface area contributed by atoms with Crippen LogP contribution in [-0.4, -0.2) is 9.55 Å². The van der Waals surface area contributed by atoms with Gasteiger partial charge in [-0.1, -0.05) is 36.8 Å². The largest absolute Gasteiger partial charge is 0.458 e. The Morgan fingerprint density at radius 2 is 1.89 bits per heavy atom. The average molecular weight is 391 g/mol. The zero-order chi connectivity index (χ0) is 19.1. The normalized spacial score (nSPS) is 14.2. The van der Waals surface area contributed by atoms with Gasteiger partial charge in [-0.25, -0.2) is 4.98 Å². The van der Waals surface area contributed by atoms with Gasteiger partial charge in [0.15, 0.2) is 11.6 Å². The highest BCUT2D eigenvalue weighted by atomic mass is 32.1. The second-order valence-corrected chi connectivity index (χ2v) is 8.55. The topological polar surface area (TPSA) is 48.0 Å². The van der Waals surface area contributed by atoms with Crippen LogP contribution < -0.4 is 5.56 Å². The number of thiophene rings is 1. The van der Waals surface area contributed by atoms with Gasteiger partial charge in [0.1, 0.15) is 10.6 Å². The Labute approximate surface area is 167 Å². The third kappa shape index (κ3) is 3.00. The van der Waals surface area contributed by atoms with Gasteiger partial charge in [0.05, 0.1) is 11.9 Å². The maximum atomic E-state index is 13.7. The number of aryl methyl sites for hydroxylation is 3. The summed E-state index contributed by atoms with van der Waals surface area (Å²) in [4.78, 5) is 20.8. The molecule has 0 aliphatic heterocycles. The molecule has 0 saturated carbocycles. The zero-order valence-electron chi connectivity index (χ0n) is 15.9. The Morgan fingerprint density at radius 1 is 1.07 bits per heavy atom. The smallest absolute Gasteiger partial charge is 0.263 e. The molecular formula is C23H22N2O2S. The van der Waals surface area contributed by atoms with Gasteiger partial charge in [-0.2, -0.15) is 0 Å². The Morgan fingerprint density at radius 3 is 2.68 bits per heavy atom. The molecule has 0 atom stereocenters. The standard InChI is InChI=1S/C23H22N2O2S/c1-15-12-13-18(27-15)21-24-22-20(17-10-6-3-7-11-19(17)28-22)23(26)25(21)14-16-8-4-2-5-9-16/h2,4-5,8-9,12-13H,3,6-7,10-11,14H2,1H3. The quantitative estimate of drug-likeness (QED) is 0.443. The molecule has 0 unspecified atom stereocenters. The monoisotopic (exact) mass is 390 g/mol. The van der Waals surface area contributed by atoms with Crippen molar-refractivity contribution in [1.82, 2.24) is 9.55 Å². The van der Waals surface area contributed by atoms with Crippen molar-refractivity contribution < 1.29 is 4.42 Å². The summed E-state index contributed by atoms with van der Waals surface area (Å²) in [6.07, 6.45) is 5.62. The molecule has 5 heteroatoms. The summed E-state index contributed by atoms with van der Waals surface area (Å²) in [5.74, 6) is 2.08. The third-order valence-electron chi connectivity index (χ3n) is 5.47. The molecule has 0 saturated heterocycles. The van der Waals surface area contributed by atoms with Crippen LogP contribution in [0.4, 0.5) is 0 Å². The van der Waals surface area contributed by atoms with E-state index in [2.05, 4.69) is 0 Å². The van der Waals surface area contributed by atoms with E-state index in [9.17, 15) is 4.79 Å².